The molecule has 0 aliphatic carbocycles. The topological polar surface area (TPSA) is 78.3 Å². The van der Waals surface area contributed by atoms with Crippen molar-refractivity contribution in [3.8, 4) is 22.8 Å². The fraction of sp³-hybridized carbons (Fsp3) is 0.211. The normalized spacial score (nSPS) is 10.4. The molecule has 1 N–H and O–H groups in total. The number of amides is 1. The number of hydrogen-bond acceptors (Lipinski definition) is 5. The number of carbonyl (C=O) groups is 1. The smallest absolute Gasteiger partial charge is 0.251 e. The second kappa shape index (κ2) is 8.15. The van der Waals surface area contributed by atoms with Crippen LogP contribution in [0, 0.1) is 0 Å². The van der Waals surface area contributed by atoms with Crippen molar-refractivity contribution in [2.24, 2.45) is 0 Å². The highest BCUT2D eigenvalue weighted by molar-refractivity contribution is 5.95. The van der Waals surface area contributed by atoms with E-state index in [1.54, 1.807) is 49.5 Å². The lowest BCUT2D eigenvalue weighted by atomic mass is 10.2. The minimum absolute atomic E-state index is 0.191. The molecule has 0 aliphatic heterocycles. The number of nitrogens with one attached hydrogen (secondary N) is 1. The van der Waals surface area contributed by atoms with Gasteiger partial charge < -0.3 is 14.8 Å². The van der Waals surface area contributed by atoms with Crippen LogP contribution in [0.1, 0.15) is 10.4 Å². The van der Waals surface area contributed by atoms with E-state index in [2.05, 4.69) is 15.4 Å². The highest BCUT2D eigenvalue weighted by atomic mass is 16.5. The molecule has 2 aromatic heterocycles. The quantitative estimate of drug-likeness (QED) is 0.706. The molecule has 0 saturated heterocycles. The van der Waals surface area contributed by atoms with Gasteiger partial charge in [0.2, 0.25) is 0 Å². The summed E-state index contributed by atoms with van der Waals surface area (Å²) in [5, 5.41) is 7.38. The molecule has 7 heteroatoms. The summed E-state index contributed by atoms with van der Waals surface area (Å²) in [6, 6.07) is 10.8. The second-order valence-corrected chi connectivity index (χ2v) is 5.56. The molecule has 0 radical (unpaired) electrons. The minimum Gasteiger partial charge on any atom is -0.497 e. The highest BCUT2D eigenvalue weighted by Gasteiger charge is 2.10. The molecule has 2 heterocycles. The molecule has 0 bridgehead atoms. The first kappa shape index (κ1) is 17.5. The van der Waals surface area contributed by atoms with Crippen molar-refractivity contribution in [3.05, 3.63) is 60.6 Å². The Morgan fingerprint density at radius 3 is 2.42 bits per heavy atom. The highest BCUT2D eigenvalue weighted by Crippen LogP contribution is 2.22. The van der Waals surface area contributed by atoms with E-state index in [0.717, 1.165) is 11.3 Å². The standard InChI is InChI=1S/C19H20N4O3/c1-25-16-11-15(12-17(13-16)26-2)19(24)21-8-10-23-9-5-18(22-23)14-3-6-20-7-4-14/h3-7,9,11-13H,8,10H2,1-2H3,(H,21,24). The Bertz CT molecular complexity index is 855. The van der Waals surface area contributed by atoms with Gasteiger partial charge in [-0.05, 0) is 30.3 Å². The van der Waals surface area contributed by atoms with Crippen LogP contribution in [-0.2, 0) is 6.54 Å². The van der Waals surface area contributed by atoms with Gasteiger partial charge >= 0.3 is 0 Å². The van der Waals surface area contributed by atoms with Crippen molar-refractivity contribution in [1.82, 2.24) is 20.1 Å². The molecule has 26 heavy (non-hydrogen) atoms. The summed E-state index contributed by atoms with van der Waals surface area (Å²) < 4.78 is 12.2. The SMILES string of the molecule is COc1cc(OC)cc(C(=O)NCCn2ccc(-c3ccncc3)n2)c1. The van der Waals surface area contributed by atoms with E-state index in [1.165, 1.54) is 0 Å². The summed E-state index contributed by atoms with van der Waals surface area (Å²) in [7, 11) is 3.10. The average Bonchev–Trinajstić information content (AvgIpc) is 3.17. The molecule has 3 rings (SSSR count). The molecule has 0 atom stereocenters. The first-order chi connectivity index (χ1) is 12.7. The van der Waals surface area contributed by atoms with Crippen LogP contribution in [0.25, 0.3) is 11.3 Å². The van der Waals surface area contributed by atoms with Gasteiger partial charge in [-0.25, -0.2) is 0 Å². The summed E-state index contributed by atoms with van der Waals surface area (Å²) in [5.41, 5.74) is 2.36. The van der Waals surface area contributed by atoms with Gasteiger partial charge in [0.25, 0.3) is 5.91 Å². The van der Waals surface area contributed by atoms with Crippen molar-refractivity contribution in [2.75, 3.05) is 20.8 Å². The molecule has 134 valence electrons. The Labute approximate surface area is 151 Å². The van der Waals surface area contributed by atoms with E-state index < -0.39 is 0 Å². The van der Waals surface area contributed by atoms with E-state index in [4.69, 9.17) is 9.47 Å². The van der Waals surface area contributed by atoms with E-state index >= 15 is 0 Å². The predicted octanol–water partition coefficient (Wildman–Crippen LogP) is 2.39. The zero-order valence-electron chi connectivity index (χ0n) is 14.7. The van der Waals surface area contributed by atoms with E-state index in [-0.39, 0.29) is 5.91 Å². The number of benzene rings is 1. The third kappa shape index (κ3) is 4.18. The van der Waals surface area contributed by atoms with Crippen molar-refractivity contribution in [2.45, 2.75) is 6.54 Å². The van der Waals surface area contributed by atoms with Crippen LogP contribution < -0.4 is 14.8 Å². The molecule has 1 amide bonds. The van der Waals surface area contributed by atoms with Gasteiger partial charge in [0.15, 0.2) is 0 Å². The van der Waals surface area contributed by atoms with E-state index in [1.807, 2.05) is 24.4 Å². The predicted molar refractivity (Wildman–Crippen MR) is 97.3 cm³/mol. The van der Waals surface area contributed by atoms with Crippen LogP contribution >= 0.6 is 0 Å². The number of rotatable bonds is 7. The monoisotopic (exact) mass is 352 g/mol. The number of nitrogens with zero attached hydrogens (tertiary/aromatic N) is 3. The van der Waals surface area contributed by atoms with Gasteiger partial charge in [0, 0.05) is 42.3 Å². The maximum absolute atomic E-state index is 12.3. The van der Waals surface area contributed by atoms with Crippen molar-refractivity contribution >= 4 is 5.91 Å². The Balaban J connectivity index is 1.58. The molecule has 0 spiro atoms. The molecule has 0 aliphatic rings. The second-order valence-electron chi connectivity index (χ2n) is 5.56. The number of methoxy groups -OCH3 is 2. The Kier molecular flexibility index (Phi) is 5.48. The fourth-order valence-electron chi connectivity index (χ4n) is 2.49. The summed E-state index contributed by atoms with van der Waals surface area (Å²) >= 11 is 0. The number of pyridine rings is 1. The van der Waals surface area contributed by atoms with E-state index in [9.17, 15) is 4.79 Å². The molecule has 0 saturated carbocycles. The summed E-state index contributed by atoms with van der Waals surface area (Å²) in [6.07, 6.45) is 5.35. The van der Waals surface area contributed by atoms with Gasteiger partial charge in [-0.15, -0.1) is 0 Å². The molecule has 0 unspecified atom stereocenters. The number of aromatic nitrogens is 3. The summed E-state index contributed by atoms with van der Waals surface area (Å²) in [5.74, 6) is 0.954. The lowest BCUT2D eigenvalue weighted by Crippen LogP contribution is -2.27. The largest absolute Gasteiger partial charge is 0.497 e. The number of ether oxygens (including phenoxy) is 2. The number of hydrogen-bond donors (Lipinski definition) is 1. The third-order valence-corrected chi connectivity index (χ3v) is 3.86. The van der Waals surface area contributed by atoms with Gasteiger partial charge in [-0.1, -0.05) is 0 Å². The van der Waals surface area contributed by atoms with Gasteiger partial charge in [0.05, 0.1) is 26.5 Å². The Morgan fingerprint density at radius 1 is 1.08 bits per heavy atom. The zero-order valence-corrected chi connectivity index (χ0v) is 14.7. The fourth-order valence-corrected chi connectivity index (χ4v) is 2.49. The molecule has 0 fully saturated rings. The third-order valence-electron chi connectivity index (χ3n) is 3.86. The first-order valence-electron chi connectivity index (χ1n) is 8.14. The van der Waals surface area contributed by atoms with Crippen LogP contribution in [-0.4, -0.2) is 41.4 Å². The minimum atomic E-state index is -0.191. The van der Waals surface area contributed by atoms with Crippen LogP contribution in [0.3, 0.4) is 0 Å². The first-order valence-corrected chi connectivity index (χ1v) is 8.14. The molecule has 7 nitrogen and oxygen atoms in total. The maximum atomic E-state index is 12.3. The molecular formula is C19H20N4O3. The zero-order chi connectivity index (χ0) is 18.4. The van der Waals surface area contributed by atoms with Gasteiger partial charge in [-0.3, -0.25) is 14.5 Å². The Morgan fingerprint density at radius 2 is 1.77 bits per heavy atom. The average molecular weight is 352 g/mol. The molecular weight excluding hydrogens is 332 g/mol. The van der Waals surface area contributed by atoms with Crippen LogP contribution in [0.5, 0.6) is 11.5 Å². The number of carbonyl (C=O) groups excluding carboxylic acids is 1. The van der Waals surface area contributed by atoms with Crippen molar-refractivity contribution in [1.29, 1.82) is 0 Å². The van der Waals surface area contributed by atoms with Crippen molar-refractivity contribution in [3.63, 3.8) is 0 Å². The van der Waals surface area contributed by atoms with Crippen molar-refractivity contribution < 1.29 is 14.3 Å². The summed E-state index contributed by atoms with van der Waals surface area (Å²) in [6.45, 7) is 1.02. The lowest BCUT2D eigenvalue weighted by molar-refractivity contribution is 0.0951. The Hall–Kier alpha value is -3.35. The lowest BCUT2D eigenvalue weighted by Gasteiger charge is -2.09. The maximum Gasteiger partial charge on any atom is 0.251 e. The molecule has 1 aromatic carbocycles. The van der Waals surface area contributed by atoms with Gasteiger partial charge in [-0.2, -0.15) is 5.10 Å². The van der Waals surface area contributed by atoms with Crippen LogP contribution in [0.2, 0.25) is 0 Å². The van der Waals surface area contributed by atoms with Crippen LogP contribution in [0.15, 0.2) is 55.0 Å². The van der Waals surface area contributed by atoms with E-state index in [0.29, 0.717) is 30.2 Å². The van der Waals surface area contributed by atoms with Crippen LogP contribution in [0.4, 0.5) is 0 Å². The van der Waals surface area contributed by atoms with Gasteiger partial charge in [0.1, 0.15) is 11.5 Å². The molecule has 3 aromatic rings. The summed E-state index contributed by atoms with van der Waals surface area (Å²) in [4.78, 5) is 16.3.